The Morgan fingerprint density at radius 2 is 2.10 bits per heavy atom. The number of nitrogens with zero attached hydrogens (tertiary/aromatic N) is 3. The van der Waals surface area contributed by atoms with E-state index in [2.05, 4.69) is 15.3 Å². The van der Waals surface area contributed by atoms with Crippen molar-refractivity contribution in [3.05, 3.63) is 54.5 Å². The van der Waals surface area contributed by atoms with E-state index in [4.69, 9.17) is 5.26 Å². The number of para-hydroxylation sites is 1. The first kappa shape index (κ1) is 19.5. The van der Waals surface area contributed by atoms with E-state index in [-0.39, 0.29) is 0 Å². The molecule has 2 amide bonds. The number of aromatic amines is 1. The zero-order valence-corrected chi connectivity index (χ0v) is 15.7. The second-order valence-electron chi connectivity index (χ2n) is 7.08. The van der Waals surface area contributed by atoms with Gasteiger partial charge in [-0.15, -0.1) is 0 Å². The van der Waals surface area contributed by atoms with Gasteiger partial charge in [0.25, 0.3) is 11.8 Å². The summed E-state index contributed by atoms with van der Waals surface area (Å²) in [6.07, 6.45) is 4.09. The molecule has 0 aliphatic carbocycles. The number of H-pyrrole nitrogens is 1. The lowest BCUT2D eigenvalue weighted by atomic mass is 10.0. The van der Waals surface area contributed by atoms with E-state index in [1.807, 2.05) is 24.3 Å². The van der Waals surface area contributed by atoms with Gasteiger partial charge in [0.05, 0.1) is 24.7 Å². The molecule has 4 rings (SSSR count). The van der Waals surface area contributed by atoms with Crippen molar-refractivity contribution in [1.29, 1.82) is 5.26 Å². The molecule has 7 nitrogen and oxygen atoms in total. The number of nitrogens with one attached hydrogen (secondary N) is 2. The van der Waals surface area contributed by atoms with Crippen LogP contribution in [0, 0.1) is 11.3 Å². The molecule has 1 atom stereocenters. The summed E-state index contributed by atoms with van der Waals surface area (Å²) in [5.74, 6) is -4.37. The smallest absolute Gasteiger partial charge is 0.268 e. The topological polar surface area (TPSA) is 102 Å². The van der Waals surface area contributed by atoms with Crippen LogP contribution in [0.3, 0.4) is 0 Å². The summed E-state index contributed by atoms with van der Waals surface area (Å²) in [5.41, 5.74) is 2.54. The predicted molar refractivity (Wildman–Crippen MR) is 105 cm³/mol. The van der Waals surface area contributed by atoms with Crippen molar-refractivity contribution in [1.82, 2.24) is 20.2 Å². The molecule has 1 aliphatic rings. The second-order valence-corrected chi connectivity index (χ2v) is 7.08. The largest absolute Gasteiger partial charge is 0.361 e. The van der Waals surface area contributed by atoms with E-state index >= 15 is 0 Å². The number of halogens is 2. The number of rotatable bonds is 4. The molecule has 3 heterocycles. The van der Waals surface area contributed by atoms with Gasteiger partial charge in [-0.1, -0.05) is 18.2 Å². The van der Waals surface area contributed by atoms with Crippen LogP contribution < -0.4 is 5.32 Å². The number of benzene rings is 1. The Labute approximate surface area is 170 Å². The summed E-state index contributed by atoms with van der Waals surface area (Å²) in [7, 11) is 0. The van der Waals surface area contributed by atoms with Crippen LogP contribution in [0.4, 0.5) is 8.78 Å². The normalized spacial score (nSPS) is 17.6. The number of alkyl halides is 2. The highest BCUT2D eigenvalue weighted by molar-refractivity contribution is 6.06. The van der Waals surface area contributed by atoms with Gasteiger partial charge in [0, 0.05) is 47.0 Å². The Bertz CT molecular complexity index is 1170. The Balaban J connectivity index is 1.53. The molecule has 0 spiro atoms. The highest BCUT2D eigenvalue weighted by Gasteiger charge is 2.47. The van der Waals surface area contributed by atoms with E-state index in [9.17, 15) is 18.4 Å². The van der Waals surface area contributed by atoms with Gasteiger partial charge in [-0.2, -0.15) is 5.26 Å². The van der Waals surface area contributed by atoms with Crippen molar-refractivity contribution < 1.29 is 18.4 Å². The number of amides is 2. The molecule has 1 aliphatic heterocycles. The van der Waals surface area contributed by atoms with Crippen molar-refractivity contribution in [2.24, 2.45) is 0 Å². The van der Waals surface area contributed by atoms with Crippen molar-refractivity contribution >= 4 is 22.7 Å². The van der Waals surface area contributed by atoms with Gasteiger partial charge in [-0.25, -0.2) is 8.78 Å². The van der Waals surface area contributed by atoms with Crippen LogP contribution in [0.2, 0.25) is 0 Å². The Morgan fingerprint density at radius 1 is 1.30 bits per heavy atom. The van der Waals surface area contributed by atoms with Gasteiger partial charge in [0.2, 0.25) is 5.91 Å². The molecule has 1 fully saturated rings. The number of likely N-dealkylation sites (tertiary alicyclic amines) is 1. The van der Waals surface area contributed by atoms with Gasteiger partial charge < -0.3 is 15.2 Å². The van der Waals surface area contributed by atoms with Crippen LogP contribution >= 0.6 is 0 Å². The fraction of sp³-hybridized carbons (Fsp3) is 0.238. The standard InChI is InChI=1S/C21H17F2N5O2/c22-21(23)7-13(8-24)28(12-21)19(29)11-27-20(30)15-5-6-25-9-16(15)17-10-26-18-4-2-1-3-14(17)18/h1-6,9-10,13,26H,7,11-12H2,(H,27,30)/t13-/m0/s1. The van der Waals surface area contributed by atoms with Crippen LogP contribution in [0.25, 0.3) is 22.0 Å². The van der Waals surface area contributed by atoms with Gasteiger partial charge in [-0.05, 0) is 12.1 Å². The van der Waals surface area contributed by atoms with Gasteiger partial charge in [0.1, 0.15) is 6.04 Å². The Kier molecular flexibility index (Phi) is 4.91. The first-order valence-electron chi connectivity index (χ1n) is 9.25. The zero-order valence-electron chi connectivity index (χ0n) is 15.7. The second kappa shape index (κ2) is 7.55. The first-order valence-corrected chi connectivity index (χ1v) is 9.25. The van der Waals surface area contributed by atoms with Crippen LogP contribution in [0.15, 0.2) is 48.9 Å². The maximum absolute atomic E-state index is 13.6. The SMILES string of the molecule is N#C[C@@H]1CC(F)(F)CN1C(=O)CNC(=O)c1ccncc1-c1c[nH]c2ccccc12. The van der Waals surface area contributed by atoms with E-state index in [1.54, 1.807) is 18.5 Å². The first-order chi connectivity index (χ1) is 14.4. The maximum Gasteiger partial charge on any atom is 0.268 e. The van der Waals surface area contributed by atoms with Crippen LogP contribution in [-0.4, -0.2) is 51.7 Å². The summed E-state index contributed by atoms with van der Waals surface area (Å²) in [5, 5.41) is 12.4. The van der Waals surface area contributed by atoms with Crippen LogP contribution in [0.1, 0.15) is 16.8 Å². The van der Waals surface area contributed by atoms with Gasteiger partial charge in [0.15, 0.2) is 0 Å². The summed E-state index contributed by atoms with van der Waals surface area (Å²) in [6, 6.07) is 9.63. The third kappa shape index (κ3) is 3.59. The highest BCUT2D eigenvalue weighted by atomic mass is 19.3. The molecule has 1 aromatic carbocycles. The zero-order chi connectivity index (χ0) is 21.3. The summed E-state index contributed by atoms with van der Waals surface area (Å²) in [4.78, 5) is 33.1. The molecule has 0 unspecified atom stereocenters. The predicted octanol–water partition coefficient (Wildman–Crippen LogP) is 2.72. The van der Waals surface area contributed by atoms with E-state index in [0.29, 0.717) is 11.1 Å². The number of hydrogen-bond acceptors (Lipinski definition) is 4. The molecule has 1 saturated heterocycles. The Hall–Kier alpha value is -3.80. The summed E-state index contributed by atoms with van der Waals surface area (Å²) < 4.78 is 27.1. The molecule has 152 valence electrons. The average Bonchev–Trinajstić information content (AvgIpc) is 3.32. The summed E-state index contributed by atoms with van der Waals surface area (Å²) >= 11 is 0. The van der Waals surface area contributed by atoms with Crippen molar-refractivity contribution in [2.45, 2.75) is 18.4 Å². The van der Waals surface area contributed by atoms with E-state index in [1.165, 1.54) is 12.3 Å². The van der Waals surface area contributed by atoms with Crippen molar-refractivity contribution in [2.75, 3.05) is 13.1 Å². The molecule has 2 aromatic heterocycles. The number of pyridine rings is 1. The molecular weight excluding hydrogens is 392 g/mol. The monoisotopic (exact) mass is 409 g/mol. The number of aromatic nitrogens is 2. The lowest BCUT2D eigenvalue weighted by molar-refractivity contribution is -0.131. The van der Waals surface area contributed by atoms with Gasteiger partial charge in [-0.3, -0.25) is 14.6 Å². The molecule has 0 saturated carbocycles. The molecule has 30 heavy (non-hydrogen) atoms. The number of fused-ring (bicyclic) bond motifs is 1. The minimum atomic E-state index is -3.10. The van der Waals surface area contributed by atoms with E-state index < -0.39 is 43.3 Å². The highest BCUT2D eigenvalue weighted by Crippen LogP contribution is 2.32. The number of hydrogen-bond donors (Lipinski definition) is 2. The molecule has 3 aromatic rings. The fourth-order valence-electron chi connectivity index (χ4n) is 3.65. The third-order valence-corrected chi connectivity index (χ3v) is 5.08. The molecule has 2 N–H and O–H groups in total. The minimum absolute atomic E-state index is 0.297. The lowest BCUT2D eigenvalue weighted by Crippen LogP contribution is -2.43. The summed E-state index contributed by atoms with van der Waals surface area (Å²) in [6.45, 7) is -1.31. The van der Waals surface area contributed by atoms with Crippen molar-refractivity contribution in [3.63, 3.8) is 0 Å². The molecule has 9 heteroatoms. The maximum atomic E-state index is 13.6. The molecule has 0 radical (unpaired) electrons. The van der Waals surface area contributed by atoms with Crippen molar-refractivity contribution in [3.8, 4) is 17.2 Å². The molecule has 0 bridgehead atoms. The number of nitriles is 1. The van der Waals surface area contributed by atoms with E-state index in [0.717, 1.165) is 21.4 Å². The van der Waals surface area contributed by atoms with Crippen LogP contribution in [0.5, 0.6) is 0 Å². The third-order valence-electron chi connectivity index (χ3n) is 5.08. The Morgan fingerprint density at radius 3 is 2.90 bits per heavy atom. The molecular formula is C21H17F2N5O2. The minimum Gasteiger partial charge on any atom is -0.361 e. The van der Waals surface area contributed by atoms with Gasteiger partial charge >= 0.3 is 0 Å². The quantitative estimate of drug-likeness (QED) is 0.692. The lowest BCUT2D eigenvalue weighted by Gasteiger charge is -2.19. The average molecular weight is 409 g/mol. The van der Waals surface area contributed by atoms with Crippen LogP contribution in [-0.2, 0) is 4.79 Å². The number of carbonyl (C=O) groups is 2. The number of carbonyl (C=O) groups excluding carboxylic acids is 2. The fourth-order valence-corrected chi connectivity index (χ4v) is 3.65.